The lowest BCUT2D eigenvalue weighted by molar-refractivity contribution is -0.384. The van der Waals surface area contributed by atoms with Crippen molar-refractivity contribution < 1.29 is 14.1 Å². The Morgan fingerprint density at radius 3 is 2.64 bits per heavy atom. The minimum absolute atomic E-state index is 0.0687. The molecule has 0 aromatic heterocycles. The number of non-ortho nitro benzene ring substituents is 1. The fraction of sp³-hybridized carbons (Fsp3) is 0.176. The summed E-state index contributed by atoms with van der Waals surface area (Å²) in [5, 5.41) is 11.2. The van der Waals surface area contributed by atoms with Crippen LogP contribution in [0.4, 0.5) is 10.1 Å². The lowest BCUT2D eigenvalue weighted by Gasteiger charge is -2.18. The summed E-state index contributed by atoms with van der Waals surface area (Å²) < 4.78 is 13.7. The molecule has 8 heteroatoms. The van der Waals surface area contributed by atoms with Crippen molar-refractivity contribution in [2.45, 2.75) is 5.75 Å². The summed E-state index contributed by atoms with van der Waals surface area (Å²) in [7, 11) is 0. The Bertz CT molecular complexity index is 839. The van der Waals surface area contributed by atoms with E-state index in [-0.39, 0.29) is 17.4 Å². The zero-order chi connectivity index (χ0) is 17.8. The molecule has 0 fully saturated rings. The molecule has 25 heavy (non-hydrogen) atoms. The maximum Gasteiger partial charge on any atom is 0.269 e. The lowest BCUT2D eigenvalue weighted by atomic mass is 10.2. The maximum absolute atomic E-state index is 13.7. The first kappa shape index (κ1) is 17.1. The van der Waals surface area contributed by atoms with E-state index in [1.807, 2.05) is 0 Å². The van der Waals surface area contributed by atoms with Crippen LogP contribution < -0.4 is 0 Å². The highest BCUT2D eigenvalue weighted by atomic mass is 32.2. The fourth-order valence-corrected chi connectivity index (χ4v) is 3.41. The van der Waals surface area contributed by atoms with Gasteiger partial charge >= 0.3 is 0 Å². The van der Waals surface area contributed by atoms with Gasteiger partial charge in [0.2, 0.25) is 0 Å². The van der Waals surface area contributed by atoms with Crippen molar-refractivity contribution in [2.75, 3.05) is 13.1 Å². The number of nitro groups is 1. The second-order valence-electron chi connectivity index (χ2n) is 5.31. The molecule has 1 amide bonds. The number of aliphatic imine (C=N–C) groups is 1. The van der Waals surface area contributed by atoms with Gasteiger partial charge in [-0.3, -0.25) is 24.8 Å². The fourth-order valence-electron chi connectivity index (χ4n) is 2.38. The number of carbonyl (C=O) groups excluding carboxylic acids is 1. The summed E-state index contributed by atoms with van der Waals surface area (Å²) in [5.41, 5.74) is 0.831. The highest BCUT2D eigenvalue weighted by Gasteiger charge is 2.25. The molecule has 0 aliphatic carbocycles. The molecular formula is C17H14FN3O3S. The minimum atomic E-state index is -0.513. The molecule has 3 rings (SSSR count). The van der Waals surface area contributed by atoms with Gasteiger partial charge < -0.3 is 0 Å². The van der Waals surface area contributed by atoms with E-state index in [1.165, 1.54) is 47.0 Å². The van der Waals surface area contributed by atoms with Crippen molar-refractivity contribution in [3.05, 3.63) is 75.6 Å². The van der Waals surface area contributed by atoms with Crippen molar-refractivity contribution >= 4 is 28.5 Å². The highest BCUT2D eigenvalue weighted by Crippen LogP contribution is 2.23. The van der Waals surface area contributed by atoms with Crippen LogP contribution in [0.5, 0.6) is 0 Å². The largest absolute Gasteiger partial charge is 0.286 e. The Labute approximate surface area is 147 Å². The Morgan fingerprint density at radius 1 is 1.24 bits per heavy atom. The Morgan fingerprint density at radius 2 is 1.96 bits per heavy atom. The monoisotopic (exact) mass is 359 g/mol. The van der Waals surface area contributed by atoms with Crippen LogP contribution in [0.1, 0.15) is 15.9 Å². The number of halogens is 1. The van der Waals surface area contributed by atoms with Gasteiger partial charge in [-0.05, 0) is 23.8 Å². The van der Waals surface area contributed by atoms with E-state index in [0.717, 1.165) is 0 Å². The molecule has 0 saturated heterocycles. The molecule has 128 valence electrons. The summed E-state index contributed by atoms with van der Waals surface area (Å²) in [6, 6.07) is 11.9. The van der Waals surface area contributed by atoms with Gasteiger partial charge in [-0.2, -0.15) is 0 Å². The van der Waals surface area contributed by atoms with Crippen molar-refractivity contribution in [3.63, 3.8) is 0 Å². The number of nitrogens with zero attached hydrogens (tertiary/aromatic N) is 3. The lowest BCUT2D eigenvalue weighted by Crippen LogP contribution is -2.32. The van der Waals surface area contributed by atoms with E-state index < -0.39 is 4.92 Å². The molecule has 2 aromatic rings. The molecule has 0 spiro atoms. The first-order valence-electron chi connectivity index (χ1n) is 7.53. The van der Waals surface area contributed by atoms with Gasteiger partial charge in [0, 0.05) is 30.0 Å². The van der Waals surface area contributed by atoms with Gasteiger partial charge in [-0.1, -0.05) is 30.0 Å². The molecule has 0 saturated carbocycles. The van der Waals surface area contributed by atoms with Crippen molar-refractivity contribution in [3.8, 4) is 0 Å². The van der Waals surface area contributed by atoms with Gasteiger partial charge in [0.25, 0.3) is 11.6 Å². The number of rotatable bonds is 4. The van der Waals surface area contributed by atoms with Gasteiger partial charge in [0.15, 0.2) is 5.17 Å². The zero-order valence-electron chi connectivity index (χ0n) is 13.1. The number of thioether (sulfide) groups is 1. The summed E-state index contributed by atoms with van der Waals surface area (Å²) >= 11 is 1.30. The van der Waals surface area contributed by atoms with Gasteiger partial charge in [-0.25, -0.2) is 4.39 Å². The first-order valence-corrected chi connectivity index (χ1v) is 8.52. The SMILES string of the molecule is O=C(c1ccc([N+](=O)[O-])cc1)N1CCN=C1SCc1ccccc1F. The molecule has 1 aliphatic rings. The van der Waals surface area contributed by atoms with E-state index in [0.29, 0.717) is 35.1 Å². The summed E-state index contributed by atoms with van der Waals surface area (Å²) in [6.07, 6.45) is 0. The van der Waals surface area contributed by atoms with Gasteiger partial charge in [0.05, 0.1) is 11.5 Å². The average molecular weight is 359 g/mol. The Kier molecular flexibility index (Phi) is 5.08. The van der Waals surface area contributed by atoms with Crippen molar-refractivity contribution in [2.24, 2.45) is 4.99 Å². The predicted molar refractivity (Wildman–Crippen MR) is 94.1 cm³/mol. The minimum Gasteiger partial charge on any atom is -0.286 e. The van der Waals surface area contributed by atoms with Crippen LogP contribution in [-0.2, 0) is 5.75 Å². The Balaban J connectivity index is 1.69. The van der Waals surface area contributed by atoms with E-state index in [1.54, 1.807) is 18.2 Å². The van der Waals surface area contributed by atoms with Crippen LogP contribution in [0.3, 0.4) is 0 Å². The topological polar surface area (TPSA) is 75.8 Å². The van der Waals surface area contributed by atoms with Crippen LogP contribution in [0.25, 0.3) is 0 Å². The first-order chi connectivity index (χ1) is 12.1. The summed E-state index contributed by atoms with van der Waals surface area (Å²) in [5.74, 6) is -0.191. The Hall–Kier alpha value is -2.74. The number of carbonyl (C=O) groups is 1. The zero-order valence-corrected chi connectivity index (χ0v) is 13.9. The van der Waals surface area contributed by atoms with Gasteiger partial charge in [-0.15, -0.1) is 0 Å². The molecule has 0 radical (unpaired) electrons. The van der Waals surface area contributed by atoms with Crippen LogP contribution >= 0.6 is 11.8 Å². The highest BCUT2D eigenvalue weighted by molar-refractivity contribution is 8.13. The van der Waals surface area contributed by atoms with Crippen molar-refractivity contribution in [1.82, 2.24) is 4.90 Å². The van der Waals surface area contributed by atoms with Crippen LogP contribution in [0.2, 0.25) is 0 Å². The maximum atomic E-state index is 13.7. The number of amidine groups is 1. The molecule has 0 unspecified atom stereocenters. The molecule has 6 nitrogen and oxygen atoms in total. The smallest absolute Gasteiger partial charge is 0.269 e. The molecule has 1 heterocycles. The number of hydrogen-bond acceptors (Lipinski definition) is 5. The molecule has 0 bridgehead atoms. The molecule has 2 aromatic carbocycles. The second kappa shape index (κ2) is 7.43. The van der Waals surface area contributed by atoms with E-state index in [4.69, 9.17) is 0 Å². The summed E-state index contributed by atoms with van der Waals surface area (Å²) in [6.45, 7) is 0.924. The molecule has 0 N–H and O–H groups in total. The predicted octanol–water partition coefficient (Wildman–Crippen LogP) is 3.48. The average Bonchev–Trinajstić information content (AvgIpc) is 3.09. The normalized spacial score (nSPS) is 13.6. The number of benzene rings is 2. The van der Waals surface area contributed by atoms with Crippen molar-refractivity contribution in [1.29, 1.82) is 0 Å². The number of amides is 1. The van der Waals surface area contributed by atoms with E-state index in [2.05, 4.69) is 4.99 Å². The van der Waals surface area contributed by atoms with E-state index >= 15 is 0 Å². The summed E-state index contributed by atoms with van der Waals surface area (Å²) in [4.78, 5) is 28.6. The quantitative estimate of drug-likeness (QED) is 0.619. The van der Waals surface area contributed by atoms with E-state index in [9.17, 15) is 19.3 Å². The van der Waals surface area contributed by atoms with Crippen LogP contribution in [0, 0.1) is 15.9 Å². The third-order valence-electron chi connectivity index (χ3n) is 3.69. The van der Waals surface area contributed by atoms with Crippen LogP contribution in [-0.4, -0.2) is 34.0 Å². The molecular weight excluding hydrogens is 345 g/mol. The third kappa shape index (κ3) is 3.85. The molecule has 0 atom stereocenters. The van der Waals surface area contributed by atoms with Gasteiger partial charge in [0.1, 0.15) is 5.82 Å². The van der Waals surface area contributed by atoms with Crippen LogP contribution in [0.15, 0.2) is 53.5 Å². The number of nitro benzene ring substituents is 1. The standard InChI is InChI=1S/C17H14FN3O3S/c18-15-4-2-1-3-13(15)11-25-17-19-9-10-20(17)16(22)12-5-7-14(8-6-12)21(23)24/h1-8H,9-11H2. The second-order valence-corrected chi connectivity index (χ2v) is 6.25. The molecule has 1 aliphatic heterocycles. The number of hydrogen-bond donors (Lipinski definition) is 0. The third-order valence-corrected chi connectivity index (χ3v) is 4.75.